The quantitative estimate of drug-likeness (QED) is 0.652. The first-order chi connectivity index (χ1) is 10.7. The van der Waals surface area contributed by atoms with Crippen molar-refractivity contribution < 1.29 is 5.11 Å². The van der Waals surface area contributed by atoms with Crippen LogP contribution in [-0.2, 0) is 0 Å². The Morgan fingerprint density at radius 3 is 2.32 bits per heavy atom. The maximum Gasteiger partial charge on any atom is 0.122 e. The maximum atomic E-state index is 10.7. The number of rotatable bonds is 4. The van der Waals surface area contributed by atoms with Crippen molar-refractivity contribution in [2.75, 3.05) is 0 Å². The van der Waals surface area contributed by atoms with E-state index < -0.39 is 6.10 Å². The van der Waals surface area contributed by atoms with E-state index in [1.165, 1.54) is 0 Å². The van der Waals surface area contributed by atoms with E-state index in [1.54, 1.807) is 23.5 Å². The molecule has 1 heterocycles. The molecule has 0 aliphatic heterocycles. The Morgan fingerprint density at radius 1 is 0.955 bits per heavy atom. The second-order valence-electron chi connectivity index (χ2n) is 4.76. The minimum absolute atomic E-state index is 0.642. The van der Waals surface area contributed by atoms with E-state index in [0.29, 0.717) is 10.7 Å². The topological polar surface area (TPSA) is 32.6 Å². The summed E-state index contributed by atoms with van der Waals surface area (Å²) in [4.78, 5) is 5.59. The Hall–Kier alpha value is -1.94. The predicted octanol–water partition coefficient (Wildman–Crippen LogP) is 5.26. The van der Waals surface area contributed by atoms with E-state index in [1.807, 2.05) is 60.0 Å². The van der Waals surface area contributed by atoms with Crippen molar-refractivity contribution in [2.24, 2.45) is 4.99 Å². The maximum absolute atomic E-state index is 10.7. The summed E-state index contributed by atoms with van der Waals surface area (Å²) in [5.74, 6) is 0. The molecular formula is C18H14ClNOS. The monoisotopic (exact) mass is 327 g/mol. The van der Waals surface area contributed by atoms with Crippen molar-refractivity contribution in [1.82, 2.24) is 0 Å². The molecule has 0 bridgehead atoms. The number of aliphatic hydroxyl groups excluding tert-OH is 1. The lowest BCUT2D eigenvalue weighted by molar-refractivity contribution is 0.248. The zero-order valence-corrected chi connectivity index (χ0v) is 13.3. The molecule has 3 aromatic rings. The van der Waals surface area contributed by atoms with Gasteiger partial charge in [-0.25, -0.2) is 4.99 Å². The van der Waals surface area contributed by atoms with Crippen LogP contribution in [0.3, 0.4) is 0 Å². The summed E-state index contributed by atoms with van der Waals surface area (Å²) in [7, 11) is 0. The minimum atomic E-state index is -0.768. The van der Waals surface area contributed by atoms with Gasteiger partial charge in [-0.3, -0.25) is 0 Å². The molecule has 0 amide bonds. The molecule has 1 atom stereocenters. The molecule has 0 saturated carbocycles. The Bertz CT molecular complexity index is 752. The second kappa shape index (κ2) is 6.88. The smallest absolute Gasteiger partial charge is 0.122 e. The molecule has 0 saturated heterocycles. The van der Waals surface area contributed by atoms with Crippen LogP contribution in [-0.4, -0.2) is 10.8 Å². The van der Waals surface area contributed by atoms with Crippen LogP contribution in [0.25, 0.3) is 0 Å². The number of hydrogen-bond acceptors (Lipinski definition) is 3. The van der Waals surface area contributed by atoms with Crippen LogP contribution >= 0.6 is 22.9 Å². The fourth-order valence-corrected chi connectivity index (χ4v) is 2.99. The van der Waals surface area contributed by atoms with Gasteiger partial charge in [-0.2, -0.15) is 0 Å². The van der Waals surface area contributed by atoms with Crippen LogP contribution in [0, 0.1) is 0 Å². The van der Waals surface area contributed by atoms with E-state index in [0.717, 1.165) is 16.1 Å². The van der Waals surface area contributed by atoms with Crippen molar-refractivity contribution >= 4 is 34.3 Å². The van der Waals surface area contributed by atoms with Crippen molar-refractivity contribution in [3.8, 4) is 0 Å². The number of aliphatic imine (C=N–C) groups is 1. The minimum Gasteiger partial charge on any atom is -0.382 e. The molecular weight excluding hydrogens is 314 g/mol. The van der Waals surface area contributed by atoms with Gasteiger partial charge in [-0.05, 0) is 41.3 Å². The van der Waals surface area contributed by atoms with E-state index in [4.69, 9.17) is 11.6 Å². The number of halogens is 1. The second-order valence-corrected chi connectivity index (χ2v) is 6.15. The van der Waals surface area contributed by atoms with Crippen LogP contribution in [0.15, 0.2) is 77.1 Å². The van der Waals surface area contributed by atoms with Gasteiger partial charge in [-0.1, -0.05) is 48.0 Å². The van der Waals surface area contributed by atoms with Gasteiger partial charge < -0.3 is 5.11 Å². The summed E-state index contributed by atoms with van der Waals surface area (Å²) in [6.45, 7) is 0. The van der Waals surface area contributed by atoms with E-state index in [9.17, 15) is 5.11 Å². The first-order valence-corrected chi connectivity index (χ1v) is 8.11. The molecule has 2 nitrogen and oxygen atoms in total. The van der Waals surface area contributed by atoms with Crippen molar-refractivity contribution in [2.45, 2.75) is 6.10 Å². The van der Waals surface area contributed by atoms with Crippen LogP contribution in [0.5, 0.6) is 0 Å². The lowest BCUT2D eigenvalue weighted by Crippen LogP contribution is -2.12. The Kier molecular flexibility index (Phi) is 4.68. The summed E-state index contributed by atoms with van der Waals surface area (Å²) in [5, 5.41) is 13.4. The molecule has 0 fully saturated rings. The molecule has 2 aromatic carbocycles. The summed E-state index contributed by atoms with van der Waals surface area (Å²) in [6, 6.07) is 20.7. The third kappa shape index (κ3) is 3.45. The van der Waals surface area contributed by atoms with Gasteiger partial charge in [0.15, 0.2) is 0 Å². The Morgan fingerprint density at radius 2 is 1.68 bits per heavy atom. The number of benzene rings is 2. The number of aliphatic hydroxyl groups is 1. The van der Waals surface area contributed by atoms with Gasteiger partial charge in [0, 0.05) is 5.02 Å². The molecule has 22 heavy (non-hydrogen) atoms. The van der Waals surface area contributed by atoms with Gasteiger partial charge in [0.2, 0.25) is 0 Å². The van der Waals surface area contributed by atoms with Crippen molar-refractivity contribution in [1.29, 1.82) is 0 Å². The zero-order valence-electron chi connectivity index (χ0n) is 11.7. The van der Waals surface area contributed by atoms with Gasteiger partial charge in [0.05, 0.1) is 16.3 Å². The molecule has 1 aromatic heterocycles. The number of nitrogens with zero attached hydrogens (tertiary/aromatic N) is 1. The van der Waals surface area contributed by atoms with Gasteiger partial charge in [0.25, 0.3) is 0 Å². The molecule has 4 heteroatoms. The summed E-state index contributed by atoms with van der Waals surface area (Å²) >= 11 is 7.47. The highest BCUT2D eigenvalue weighted by atomic mass is 35.5. The first-order valence-electron chi connectivity index (χ1n) is 6.85. The van der Waals surface area contributed by atoms with Gasteiger partial charge in [-0.15, -0.1) is 11.3 Å². The predicted molar refractivity (Wildman–Crippen MR) is 93.4 cm³/mol. The highest BCUT2D eigenvalue weighted by Crippen LogP contribution is 2.26. The van der Waals surface area contributed by atoms with Crippen LogP contribution in [0.2, 0.25) is 5.02 Å². The van der Waals surface area contributed by atoms with Crippen molar-refractivity contribution in [3.05, 3.63) is 87.6 Å². The SMILES string of the molecule is OC(C(=Nc1ccc(Cl)cc1)c1cccs1)c1ccccc1. The van der Waals surface area contributed by atoms with Gasteiger partial charge in [0.1, 0.15) is 6.10 Å². The third-order valence-electron chi connectivity index (χ3n) is 3.22. The normalized spacial score (nSPS) is 13.1. The lowest BCUT2D eigenvalue weighted by Gasteiger charge is -2.13. The molecule has 0 aliphatic carbocycles. The van der Waals surface area contributed by atoms with E-state index >= 15 is 0 Å². The Balaban J connectivity index is 2.03. The highest BCUT2D eigenvalue weighted by molar-refractivity contribution is 7.12. The zero-order chi connectivity index (χ0) is 15.4. The van der Waals surface area contributed by atoms with Crippen LogP contribution < -0.4 is 0 Å². The van der Waals surface area contributed by atoms with Crippen LogP contribution in [0.4, 0.5) is 5.69 Å². The number of thiophene rings is 1. The Labute approximate surface area is 138 Å². The molecule has 1 N–H and O–H groups in total. The third-order valence-corrected chi connectivity index (χ3v) is 4.37. The lowest BCUT2D eigenvalue weighted by atomic mass is 10.0. The number of hydrogen-bond donors (Lipinski definition) is 1. The standard InChI is InChI=1S/C18H14ClNOS/c19-14-8-10-15(11-9-14)20-17(16-7-4-12-22-16)18(21)13-5-2-1-3-6-13/h1-12,18,21H. The average molecular weight is 328 g/mol. The molecule has 3 rings (SSSR count). The first kappa shape index (κ1) is 15.0. The molecule has 0 spiro atoms. The van der Waals surface area contributed by atoms with E-state index in [-0.39, 0.29) is 0 Å². The molecule has 0 aliphatic rings. The fourth-order valence-electron chi connectivity index (χ4n) is 2.12. The summed E-state index contributed by atoms with van der Waals surface area (Å²) < 4.78 is 0. The summed E-state index contributed by atoms with van der Waals surface area (Å²) in [6.07, 6.45) is -0.768. The largest absolute Gasteiger partial charge is 0.382 e. The van der Waals surface area contributed by atoms with E-state index in [2.05, 4.69) is 4.99 Å². The highest BCUT2D eigenvalue weighted by Gasteiger charge is 2.18. The fraction of sp³-hybridized carbons (Fsp3) is 0.0556. The molecule has 1 unspecified atom stereocenters. The average Bonchev–Trinajstić information content (AvgIpc) is 3.09. The molecule has 110 valence electrons. The molecule has 0 radical (unpaired) electrons. The summed E-state index contributed by atoms with van der Waals surface area (Å²) in [5.41, 5.74) is 2.23. The van der Waals surface area contributed by atoms with Gasteiger partial charge >= 0.3 is 0 Å². The van der Waals surface area contributed by atoms with Crippen LogP contribution in [0.1, 0.15) is 16.5 Å². The van der Waals surface area contributed by atoms with Crippen molar-refractivity contribution in [3.63, 3.8) is 0 Å².